The van der Waals surface area contributed by atoms with E-state index >= 15 is 0 Å². The smallest absolute Gasteiger partial charge is 0.0497 e. The highest BCUT2D eigenvalue weighted by Crippen LogP contribution is 2.19. The monoisotopic (exact) mass is 182 g/mol. The fourth-order valence-electron chi connectivity index (χ4n) is 1.62. The topological polar surface area (TPSA) is 38.4 Å². The van der Waals surface area contributed by atoms with Gasteiger partial charge < -0.3 is 5.73 Å². The first kappa shape index (κ1) is 10.7. The molecule has 0 spiro atoms. The van der Waals surface area contributed by atoms with Gasteiger partial charge in [0.1, 0.15) is 0 Å². The van der Waals surface area contributed by atoms with E-state index in [9.17, 15) is 0 Å². The van der Waals surface area contributed by atoms with Gasteiger partial charge in [-0.1, -0.05) is 13.8 Å². The second kappa shape index (κ2) is 5.38. The highest BCUT2D eigenvalue weighted by Gasteiger charge is 2.16. The molecule has 76 valence electrons. The van der Waals surface area contributed by atoms with E-state index in [-0.39, 0.29) is 0 Å². The standard InChI is InChI=1S/C11H22N2/c1-3-9(2)8-13-11-6-4-10(12)5-7-11/h8-11H,3-7,12H2,1-2H3. The summed E-state index contributed by atoms with van der Waals surface area (Å²) in [5, 5.41) is 0. The summed E-state index contributed by atoms with van der Waals surface area (Å²) in [5.74, 6) is 0.635. The molecule has 0 aromatic carbocycles. The maximum absolute atomic E-state index is 5.83. The van der Waals surface area contributed by atoms with Gasteiger partial charge in [-0.15, -0.1) is 0 Å². The van der Waals surface area contributed by atoms with Crippen molar-refractivity contribution in [3.05, 3.63) is 0 Å². The van der Waals surface area contributed by atoms with E-state index in [0.717, 1.165) is 12.8 Å². The van der Waals surface area contributed by atoms with Crippen molar-refractivity contribution in [3.63, 3.8) is 0 Å². The first-order valence-electron chi connectivity index (χ1n) is 5.51. The Morgan fingerprint density at radius 3 is 2.54 bits per heavy atom. The van der Waals surface area contributed by atoms with Crippen molar-refractivity contribution in [1.29, 1.82) is 0 Å². The first-order valence-corrected chi connectivity index (χ1v) is 5.51. The average molecular weight is 182 g/mol. The lowest BCUT2D eigenvalue weighted by Crippen LogP contribution is -2.28. The summed E-state index contributed by atoms with van der Waals surface area (Å²) >= 11 is 0. The first-order chi connectivity index (χ1) is 6.22. The number of nitrogens with zero attached hydrogens (tertiary/aromatic N) is 1. The van der Waals surface area contributed by atoms with Crippen LogP contribution in [0, 0.1) is 5.92 Å². The van der Waals surface area contributed by atoms with E-state index < -0.39 is 0 Å². The minimum atomic E-state index is 0.440. The fraction of sp³-hybridized carbons (Fsp3) is 0.909. The van der Waals surface area contributed by atoms with Gasteiger partial charge in [0, 0.05) is 18.3 Å². The number of rotatable bonds is 3. The molecule has 2 N–H and O–H groups in total. The minimum absolute atomic E-state index is 0.440. The van der Waals surface area contributed by atoms with E-state index in [1.165, 1.54) is 19.3 Å². The molecule has 0 aromatic rings. The van der Waals surface area contributed by atoms with Crippen LogP contribution in [0.2, 0.25) is 0 Å². The van der Waals surface area contributed by atoms with E-state index in [1.807, 2.05) is 0 Å². The average Bonchev–Trinajstić information content (AvgIpc) is 2.16. The maximum Gasteiger partial charge on any atom is 0.0497 e. The number of nitrogens with two attached hydrogens (primary N) is 1. The molecule has 1 unspecified atom stereocenters. The SMILES string of the molecule is CCC(C)C=NC1CCC(N)CC1. The third-order valence-corrected chi connectivity index (χ3v) is 2.94. The van der Waals surface area contributed by atoms with Crippen LogP contribution in [0.5, 0.6) is 0 Å². The van der Waals surface area contributed by atoms with E-state index in [1.54, 1.807) is 0 Å². The van der Waals surface area contributed by atoms with Gasteiger partial charge in [0.2, 0.25) is 0 Å². The van der Waals surface area contributed by atoms with Crippen molar-refractivity contribution in [2.24, 2.45) is 16.6 Å². The van der Waals surface area contributed by atoms with E-state index in [4.69, 9.17) is 5.73 Å². The molecule has 2 nitrogen and oxygen atoms in total. The summed E-state index contributed by atoms with van der Waals surface area (Å²) < 4.78 is 0. The Labute approximate surface area is 81.6 Å². The van der Waals surface area contributed by atoms with Crippen LogP contribution in [0.25, 0.3) is 0 Å². The van der Waals surface area contributed by atoms with Crippen LogP contribution in [0.1, 0.15) is 46.0 Å². The molecule has 1 aliphatic rings. The Balaban J connectivity index is 2.25. The molecule has 0 aromatic heterocycles. The zero-order valence-electron chi connectivity index (χ0n) is 8.87. The highest BCUT2D eigenvalue weighted by molar-refractivity contribution is 5.60. The lowest BCUT2D eigenvalue weighted by atomic mass is 9.92. The fourth-order valence-corrected chi connectivity index (χ4v) is 1.62. The molecule has 1 fully saturated rings. The van der Waals surface area contributed by atoms with Crippen LogP contribution in [-0.2, 0) is 0 Å². The van der Waals surface area contributed by atoms with Gasteiger partial charge in [-0.2, -0.15) is 0 Å². The molecular weight excluding hydrogens is 160 g/mol. The van der Waals surface area contributed by atoms with Crippen molar-refractivity contribution in [2.75, 3.05) is 0 Å². The second-order valence-electron chi connectivity index (χ2n) is 4.25. The van der Waals surface area contributed by atoms with Gasteiger partial charge in [-0.05, 0) is 38.0 Å². The number of hydrogen-bond acceptors (Lipinski definition) is 2. The molecule has 13 heavy (non-hydrogen) atoms. The summed E-state index contributed by atoms with van der Waals surface area (Å²) in [4.78, 5) is 4.61. The molecule has 2 heteroatoms. The number of hydrogen-bond donors (Lipinski definition) is 1. The van der Waals surface area contributed by atoms with Crippen LogP contribution in [0.15, 0.2) is 4.99 Å². The zero-order chi connectivity index (χ0) is 9.68. The maximum atomic E-state index is 5.83. The van der Waals surface area contributed by atoms with Crippen LogP contribution in [0.3, 0.4) is 0 Å². The van der Waals surface area contributed by atoms with Crippen LogP contribution < -0.4 is 5.73 Å². The molecule has 0 heterocycles. The predicted molar refractivity (Wildman–Crippen MR) is 58.2 cm³/mol. The molecule has 0 radical (unpaired) electrons. The Kier molecular flexibility index (Phi) is 4.43. The van der Waals surface area contributed by atoms with Crippen molar-refractivity contribution in [3.8, 4) is 0 Å². The van der Waals surface area contributed by atoms with Gasteiger partial charge in [0.15, 0.2) is 0 Å². The summed E-state index contributed by atoms with van der Waals surface area (Å²) in [6.07, 6.45) is 8.00. The molecular formula is C11H22N2. The van der Waals surface area contributed by atoms with Crippen LogP contribution >= 0.6 is 0 Å². The van der Waals surface area contributed by atoms with Gasteiger partial charge in [0.05, 0.1) is 0 Å². The van der Waals surface area contributed by atoms with Gasteiger partial charge in [-0.25, -0.2) is 0 Å². The third kappa shape index (κ3) is 3.90. The molecule has 1 aliphatic carbocycles. The molecule has 0 bridgehead atoms. The zero-order valence-corrected chi connectivity index (χ0v) is 8.87. The Morgan fingerprint density at radius 1 is 1.38 bits per heavy atom. The minimum Gasteiger partial charge on any atom is -0.328 e. The van der Waals surface area contributed by atoms with Crippen molar-refractivity contribution in [2.45, 2.75) is 58.0 Å². The summed E-state index contributed by atoms with van der Waals surface area (Å²) in [6, 6.07) is 1.00. The molecule has 1 rings (SSSR count). The van der Waals surface area contributed by atoms with Crippen LogP contribution in [0.4, 0.5) is 0 Å². The number of aliphatic imine (C=N–C) groups is 1. The molecule has 1 saturated carbocycles. The lowest BCUT2D eigenvalue weighted by Gasteiger charge is -2.23. The summed E-state index contributed by atoms with van der Waals surface area (Å²) in [7, 11) is 0. The Morgan fingerprint density at radius 2 is 2.00 bits per heavy atom. The Bertz CT molecular complexity index is 157. The Hall–Kier alpha value is -0.370. The summed E-state index contributed by atoms with van der Waals surface area (Å²) in [6.45, 7) is 4.42. The largest absolute Gasteiger partial charge is 0.328 e. The predicted octanol–water partition coefficient (Wildman–Crippen LogP) is 2.37. The van der Waals surface area contributed by atoms with Crippen LogP contribution in [-0.4, -0.2) is 18.3 Å². The highest BCUT2D eigenvalue weighted by atomic mass is 14.8. The normalized spacial score (nSPS) is 32.2. The third-order valence-electron chi connectivity index (χ3n) is 2.94. The van der Waals surface area contributed by atoms with Gasteiger partial charge in [0.25, 0.3) is 0 Å². The molecule has 0 amide bonds. The molecule has 0 saturated heterocycles. The van der Waals surface area contributed by atoms with Crippen molar-refractivity contribution < 1.29 is 0 Å². The summed E-state index contributed by atoms with van der Waals surface area (Å²) in [5.41, 5.74) is 5.83. The molecule has 1 atom stereocenters. The van der Waals surface area contributed by atoms with E-state index in [2.05, 4.69) is 25.1 Å². The quantitative estimate of drug-likeness (QED) is 0.669. The van der Waals surface area contributed by atoms with Gasteiger partial charge >= 0.3 is 0 Å². The van der Waals surface area contributed by atoms with Crippen molar-refractivity contribution in [1.82, 2.24) is 0 Å². The second-order valence-corrected chi connectivity index (χ2v) is 4.25. The van der Waals surface area contributed by atoms with Gasteiger partial charge in [-0.3, -0.25) is 4.99 Å². The lowest BCUT2D eigenvalue weighted by molar-refractivity contribution is 0.396. The van der Waals surface area contributed by atoms with E-state index in [0.29, 0.717) is 18.0 Å². The molecule has 0 aliphatic heterocycles. The van der Waals surface area contributed by atoms with Crippen molar-refractivity contribution >= 4 is 6.21 Å².